The Kier molecular flexibility index (Phi) is 6.10. The first-order valence-corrected chi connectivity index (χ1v) is 12.4. The lowest BCUT2D eigenvalue weighted by molar-refractivity contribution is -0.137. The summed E-state index contributed by atoms with van der Waals surface area (Å²) >= 11 is 0. The Morgan fingerprint density at radius 2 is 1.69 bits per heavy atom. The third-order valence-electron chi connectivity index (χ3n) is 6.83. The highest BCUT2D eigenvalue weighted by Gasteiger charge is 2.30. The number of fused-ring (bicyclic) bond motifs is 2. The third kappa shape index (κ3) is 5.10. The molecule has 12 heteroatoms. The van der Waals surface area contributed by atoms with E-state index in [1.54, 1.807) is 18.2 Å². The molecule has 1 aliphatic rings. The normalized spacial score (nSPS) is 14.7. The van der Waals surface area contributed by atoms with Crippen LogP contribution in [-0.4, -0.2) is 64.3 Å². The van der Waals surface area contributed by atoms with Crippen LogP contribution in [0.4, 0.5) is 35.0 Å². The molecule has 6 rings (SSSR count). The van der Waals surface area contributed by atoms with Crippen LogP contribution in [0.2, 0.25) is 0 Å². The second kappa shape index (κ2) is 9.62. The number of anilines is 3. The van der Waals surface area contributed by atoms with Gasteiger partial charge in [0.1, 0.15) is 5.69 Å². The minimum atomic E-state index is -4.50. The first-order valence-electron chi connectivity index (χ1n) is 12.4. The molecule has 9 nitrogen and oxygen atoms in total. The van der Waals surface area contributed by atoms with Crippen LogP contribution in [0.25, 0.3) is 33.5 Å². The summed E-state index contributed by atoms with van der Waals surface area (Å²) in [4.78, 5) is 25.2. The van der Waals surface area contributed by atoms with Gasteiger partial charge >= 0.3 is 12.2 Å². The van der Waals surface area contributed by atoms with Crippen molar-refractivity contribution in [1.29, 1.82) is 0 Å². The summed E-state index contributed by atoms with van der Waals surface area (Å²) < 4.78 is 38.8. The molecule has 1 aliphatic heterocycles. The molecule has 1 saturated heterocycles. The number of halogens is 3. The molecule has 3 aromatic carbocycles. The molecular formula is C27H25F3N8O. The fraction of sp³-hybridized carbons (Fsp3) is 0.222. The Morgan fingerprint density at radius 3 is 2.46 bits per heavy atom. The van der Waals surface area contributed by atoms with Gasteiger partial charge in [-0.25, -0.2) is 9.78 Å². The van der Waals surface area contributed by atoms with Gasteiger partial charge in [-0.15, -0.1) is 0 Å². The summed E-state index contributed by atoms with van der Waals surface area (Å²) in [7, 11) is 2.13. The van der Waals surface area contributed by atoms with E-state index in [0.717, 1.165) is 60.4 Å². The van der Waals surface area contributed by atoms with E-state index in [1.807, 2.05) is 6.07 Å². The van der Waals surface area contributed by atoms with Crippen LogP contribution in [0.5, 0.6) is 0 Å². The SMILES string of the molecule is CN1CCN(c2ccc3nc(-c4n[nH]c5cc(NC(=O)Nc6cccc(C(F)(F)F)c6)ccc45)[nH]c3c2)CC1. The minimum Gasteiger partial charge on any atom is -0.369 e. The van der Waals surface area contributed by atoms with Crippen molar-refractivity contribution in [2.24, 2.45) is 0 Å². The number of likely N-dealkylation sites (N-methyl/N-ethyl adjacent to an activating group) is 1. The van der Waals surface area contributed by atoms with E-state index >= 15 is 0 Å². The highest BCUT2D eigenvalue weighted by atomic mass is 19.4. The summed E-state index contributed by atoms with van der Waals surface area (Å²) in [5.74, 6) is 0.620. The van der Waals surface area contributed by atoms with Gasteiger partial charge in [0.25, 0.3) is 0 Å². The third-order valence-corrected chi connectivity index (χ3v) is 6.83. The number of piperazine rings is 1. The molecule has 2 aromatic heterocycles. The lowest BCUT2D eigenvalue weighted by Gasteiger charge is -2.34. The molecular weight excluding hydrogens is 509 g/mol. The molecule has 0 saturated carbocycles. The first-order chi connectivity index (χ1) is 18.7. The van der Waals surface area contributed by atoms with E-state index < -0.39 is 17.8 Å². The highest BCUT2D eigenvalue weighted by Crippen LogP contribution is 2.31. The molecule has 1 fully saturated rings. The maximum atomic E-state index is 12.9. The number of rotatable bonds is 4. The Hall–Kier alpha value is -4.58. The van der Waals surface area contributed by atoms with Crippen LogP contribution in [0.1, 0.15) is 5.56 Å². The van der Waals surface area contributed by atoms with Gasteiger partial charge in [-0.1, -0.05) is 6.07 Å². The van der Waals surface area contributed by atoms with Crippen molar-refractivity contribution in [1.82, 2.24) is 25.1 Å². The van der Waals surface area contributed by atoms with E-state index in [0.29, 0.717) is 22.7 Å². The zero-order chi connectivity index (χ0) is 27.1. The monoisotopic (exact) mass is 534 g/mol. The zero-order valence-electron chi connectivity index (χ0n) is 20.9. The lowest BCUT2D eigenvalue weighted by Crippen LogP contribution is -2.44. The Labute approximate surface area is 221 Å². The second-order valence-electron chi connectivity index (χ2n) is 9.57. The number of aromatic amines is 2. The molecule has 39 heavy (non-hydrogen) atoms. The predicted octanol–water partition coefficient (Wildman–Crippen LogP) is 5.52. The van der Waals surface area contributed by atoms with Crippen LogP contribution >= 0.6 is 0 Å². The van der Waals surface area contributed by atoms with Gasteiger partial charge in [0, 0.05) is 48.6 Å². The standard InChI is InChI=1S/C27H25F3N8O/c1-37-9-11-38(12-10-37)19-6-8-21-23(15-19)34-25(33-21)24-20-7-5-18(14-22(20)35-36-24)32-26(39)31-17-4-2-3-16(13-17)27(28,29)30/h2-8,13-15H,9-12H2,1H3,(H,33,34)(H,35,36)(H2,31,32,39). The number of alkyl halides is 3. The fourth-order valence-electron chi connectivity index (χ4n) is 4.72. The van der Waals surface area contributed by atoms with Gasteiger partial charge in [-0.2, -0.15) is 18.3 Å². The molecule has 3 heterocycles. The van der Waals surface area contributed by atoms with E-state index in [9.17, 15) is 18.0 Å². The topological polar surface area (TPSA) is 105 Å². The van der Waals surface area contributed by atoms with Crippen molar-refractivity contribution < 1.29 is 18.0 Å². The van der Waals surface area contributed by atoms with Gasteiger partial charge in [0.15, 0.2) is 5.82 Å². The Morgan fingerprint density at radius 1 is 0.923 bits per heavy atom. The number of carbonyl (C=O) groups excluding carboxylic acids is 1. The van der Waals surface area contributed by atoms with Crippen molar-refractivity contribution in [3.05, 3.63) is 66.2 Å². The van der Waals surface area contributed by atoms with E-state index in [2.05, 4.69) is 54.8 Å². The van der Waals surface area contributed by atoms with Crippen molar-refractivity contribution >= 4 is 45.0 Å². The number of amides is 2. The van der Waals surface area contributed by atoms with Crippen LogP contribution in [-0.2, 0) is 6.18 Å². The van der Waals surface area contributed by atoms with Gasteiger partial charge in [0.2, 0.25) is 0 Å². The van der Waals surface area contributed by atoms with E-state index in [-0.39, 0.29) is 5.69 Å². The number of imidazole rings is 1. The predicted molar refractivity (Wildman–Crippen MR) is 145 cm³/mol. The number of H-pyrrole nitrogens is 2. The first kappa shape index (κ1) is 24.7. The number of nitrogens with zero attached hydrogens (tertiary/aromatic N) is 4. The molecule has 5 aromatic rings. The maximum absolute atomic E-state index is 12.9. The summed E-state index contributed by atoms with van der Waals surface area (Å²) in [5.41, 5.74) is 3.86. The largest absolute Gasteiger partial charge is 0.416 e. The van der Waals surface area contributed by atoms with Crippen LogP contribution in [0, 0.1) is 0 Å². The van der Waals surface area contributed by atoms with E-state index in [1.165, 1.54) is 12.1 Å². The molecule has 0 bridgehead atoms. The average Bonchev–Trinajstić information content (AvgIpc) is 3.52. The number of nitrogens with one attached hydrogen (secondary N) is 4. The van der Waals surface area contributed by atoms with Gasteiger partial charge in [0.05, 0.1) is 22.1 Å². The number of urea groups is 1. The number of aromatic nitrogens is 4. The molecule has 0 atom stereocenters. The molecule has 0 aliphatic carbocycles. The second-order valence-corrected chi connectivity index (χ2v) is 9.57. The van der Waals surface area contributed by atoms with Crippen molar-refractivity contribution in [2.45, 2.75) is 6.18 Å². The number of benzene rings is 3. The fourth-order valence-corrected chi connectivity index (χ4v) is 4.72. The average molecular weight is 535 g/mol. The Bertz CT molecular complexity index is 1670. The smallest absolute Gasteiger partial charge is 0.369 e. The number of carbonyl (C=O) groups is 1. The minimum absolute atomic E-state index is 0.0351. The maximum Gasteiger partial charge on any atom is 0.416 e. The molecule has 4 N–H and O–H groups in total. The summed E-state index contributed by atoms with van der Waals surface area (Å²) in [5, 5.41) is 13.3. The zero-order valence-corrected chi connectivity index (χ0v) is 20.9. The van der Waals surface area contributed by atoms with Gasteiger partial charge in [-0.3, -0.25) is 5.10 Å². The summed E-state index contributed by atoms with van der Waals surface area (Å²) in [6.07, 6.45) is -4.50. The van der Waals surface area contributed by atoms with Crippen LogP contribution in [0.15, 0.2) is 60.7 Å². The molecule has 200 valence electrons. The molecule has 0 radical (unpaired) electrons. The summed E-state index contributed by atoms with van der Waals surface area (Å²) in [6, 6.07) is 15.2. The van der Waals surface area contributed by atoms with E-state index in [4.69, 9.17) is 4.98 Å². The summed E-state index contributed by atoms with van der Waals surface area (Å²) in [6.45, 7) is 3.99. The quantitative estimate of drug-likeness (QED) is 0.243. The van der Waals surface area contributed by atoms with Crippen molar-refractivity contribution in [3.8, 4) is 11.5 Å². The molecule has 0 unspecified atom stereocenters. The van der Waals surface area contributed by atoms with Crippen molar-refractivity contribution in [2.75, 3.05) is 48.8 Å². The van der Waals surface area contributed by atoms with Crippen molar-refractivity contribution in [3.63, 3.8) is 0 Å². The number of hydrogen-bond acceptors (Lipinski definition) is 5. The number of hydrogen-bond donors (Lipinski definition) is 4. The van der Waals surface area contributed by atoms with Gasteiger partial charge in [-0.05, 0) is 61.6 Å². The molecule has 2 amide bonds. The van der Waals surface area contributed by atoms with Crippen LogP contribution < -0.4 is 15.5 Å². The van der Waals surface area contributed by atoms with Gasteiger partial charge < -0.3 is 25.4 Å². The lowest BCUT2D eigenvalue weighted by atomic mass is 10.2. The highest BCUT2D eigenvalue weighted by molar-refractivity contribution is 6.02. The Balaban J connectivity index is 1.19. The van der Waals surface area contributed by atoms with Crippen LogP contribution in [0.3, 0.4) is 0 Å². The molecule has 0 spiro atoms.